The van der Waals surface area contributed by atoms with Gasteiger partial charge in [-0.3, -0.25) is 0 Å². The highest BCUT2D eigenvalue weighted by Gasteiger charge is 2.19. The molecule has 0 aromatic heterocycles. The van der Waals surface area contributed by atoms with Gasteiger partial charge in [0.1, 0.15) is 0 Å². The van der Waals surface area contributed by atoms with Gasteiger partial charge in [0.25, 0.3) is 0 Å². The van der Waals surface area contributed by atoms with Crippen LogP contribution in [0.25, 0.3) is 0 Å². The van der Waals surface area contributed by atoms with Crippen molar-refractivity contribution in [3.05, 3.63) is 54.6 Å². The van der Waals surface area contributed by atoms with E-state index in [1.165, 1.54) is 0 Å². The second-order valence-corrected chi connectivity index (χ2v) is 7.00. The number of sulfone groups is 1. The molecule has 0 amide bonds. The molecule has 0 radical (unpaired) electrons. The van der Waals surface area contributed by atoms with Crippen molar-refractivity contribution in [3.63, 3.8) is 0 Å². The van der Waals surface area contributed by atoms with Gasteiger partial charge in [-0.05, 0) is 30.3 Å². The molecule has 1 aliphatic heterocycles. The standard InChI is InChI=1S/C16H18N2O2S/c19-21(20,15-6-2-1-3-7-15)16-8-4-5-14(13-16)18-11-9-17-10-12-18/h1-8,13,17H,9-12H2. The fraction of sp³-hybridized carbons (Fsp3) is 0.250. The molecule has 21 heavy (non-hydrogen) atoms. The van der Waals surface area contributed by atoms with Gasteiger partial charge in [0.05, 0.1) is 9.79 Å². The minimum Gasteiger partial charge on any atom is -0.369 e. The highest BCUT2D eigenvalue weighted by atomic mass is 32.2. The summed E-state index contributed by atoms with van der Waals surface area (Å²) in [6.45, 7) is 3.65. The van der Waals surface area contributed by atoms with E-state index in [0.717, 1.165) is 31.9 Å². The molecule has 2 aromatic carbocycles. The van der Waals surface area contributed by atoms with Crippen molar-refractivity contribution in [1.82, 2.24) is 5.32 Å². The van der Waals surface area contributed by atoms with Crippen LogP contribution in [0.4, 0.5) is 5.69 Å². The van der Waals surface area contributed by atoms with E-state index in [2.05, 4.69) is 10.2 Å². The average molecular weight is 302 g/mol. The maximum Gasteiger partial charge on any atom is 0.206 e. The average Bonchev–Trinajstić information content (AvgIpc) is 2.57. The first-order valence-electron chi connectivity index (χ1n) is 7.04. The zero-order valence-corrected chi connectivity index (χ0v) is 12.5. The number of benzene rings is 2. The van der Waals surface area contributed by atoms with E-state index < -0.39 is 9.84 Å². The Balaban J connectivity index is 1.96. The van der Waals surface area contributed by atoms with E-state index in [4.69, 9.17) is 0 Å². The number of nitrogens with one attached hydrogen (secondary N) is 1. The summed E-state index contributed by atoms with van der Waals surface area (Å²) in [7, 11) is -3.44. The predicted molar refractivity (Wildman–Crippen MR) is 83.4 cm³/mol. The summed E-state index contributed by atoms with van der Waals surface area (Å²) >= 11 is 0. The van der Waals surface area contributed by atoms with E-state index in [0.29, 0.717) is 9.79 Å². The van der Waals surface area contributed by atoms with Crippen molar-refractivity contribution in [2.75, 3.05) is 31.1 Å². The van der Waals surface area contributed by atoms with Crippen LogP contribution < -0.4 is 10.2 Å². The second-order valence-electron chi connectivity index (χ2n) is 5.05. The van der Waals surface area contributed by atoms with Crippen LogP contribution in [0.2, 0.25) is 0 Å². The van der Waals surface area contributed by atoms with E-state index >= 15 is 0 Å². The first-order chi connectivity index (χ1) is 10.2. The third-order valence-electron chi connectivity index (χ3n) is 3.66. The maximum atomic E-state index is 12.6. The fourth-order valence-corrected chi connectivity index (χ4v) is 3.83. The topological polar surface area (TPSA) is 49.4 Å². The number of rotatable bonds is 3. The Labute approximate surface area is 125 Å². The molecule has 0 bridgehead atoms. The molecule has 0 unspecified atom stereocenters. The number of piperazine rings is 1. The summed E-state index contributed by atoms with van der Waals surface area (Å²) in [6.07, 6.45) is 0. The van der Waals surface area contributed by atoms with Crippen molar-refractivity contribution >= 4 is 15.5 Å². The lowest BCUT2D eigenvalue weighted by Gasteiger charge is -2.29. The molecular weight excluding hydrogens is 284 g/mol. The van der Waals surface area contributed by atoms with Crippen LogP contribution in [-0.2, 0) is 9.84 Å². The largest absolute Gasteiger partial charge is 0.369 e. The SMILES string of the molecule is O=S(=O)(c1ccccc1)c1cccc(N2CCNCC2)c1. The molecule has 0 atom stereocenters. The Morgan fingerprint density at radius 1 is 0.857 bits per heavy atom. The maximum absolute atomic E-state index is 12.6. The molecule has 5 heteroatoms. The third-order valence-corrected chi connectivity index (χ3v) is 5.43. The van der Waals surface area contributed by atoms with Gasteiger partial charge in [-0.25, -0.2) is 8.42 Å². The quantitative estimate of drug-likeness (QED) is 0.941. The summed E-state index contributed by atoms with van der Waals surface area (Å²) in [5.74, 6) is 0. The molecule has 1 saturated heterocycles. The zero-order valence-electron chi connectivity index (χ0n) is 11.7. The van der Waals surface area contributed by atoms with Gasteiger partial charge >= 0.3 is 0 Å². The van der Waals surface area contributed by atoms with Crippen LogP contribution in [-0.4, -0.2) is 34.6 Å². The minimum absolute atomic E-state index is 0.336. The number of nitrogens with zero attached hydrogens (tertiary/aromatic N) is 1. The number of hydrogen-bond donors (Lipinski definition) is 1. The molecule has 1 fully saturated rings. The molecule has 0 saturated carbocycles. The van der Waals surface area contributed by atoms with Crippen LogP contribution in [0.15, 0.2) is 64.4 Å². The Hall–Kier alpha value is -1.85. The summed E-state index contributed by atoms with van der Waals surface area (Å²) in [6, 6.07) is 15.8. The molecule has 110 valence electrons. The van der Waals surface area contributed by atoms with Gasteiger partial charge in [0.2, 0.25) is 9.84 Å². The molecule has 4 nitrogen and oxygen atoms in total. The van der Waals surface area contributed by atoms with Crippen LogP contribution >= 0.6 is 0 Å². The minimum atomic E-state index is -3.44. The van der Waals surface area contributed by atoms with Gasteiger partial charge in [0, 0.05) is 31.9 Å². The molecule has 2 aromatic rings. The molecule has 3 rings (SSSR count). The number of anilines is 1. The molecule has 1 aliphatic rings. The van der Waals surface area contributed by atoms with Crippen LogP contribution in [0.1, 0.15) is 0 Å². The zero-order chi connectivity index (χ0) is 14.7. The highest BCUT2D eigenvalue weighted by Crippen LogP contribution is 2.25. The summed E-state index contributed by atoms with van der Waals surface area (Å²) in [4.78, 5) is 2.90. The smallest absolute Gasteiger partial charge is 0.206 e. The van der Waals surface area contributed by atoms with Crippen molar-refractivity contribution < 1.29 is 8.42 Å². The van der Waals surface area contributed by atoms with E-state index in [1.807, 2.05) is 18.2 Å². The summed E-state index contributed by atoms with van der Waals surface area (Å²) < 4.78 is 25.3. The highest BCUT2D eigenvalue weighted by molar-refractivity contribution is 7.91. The van der Waals surface area contributed by atoms with Gasteiger partial charge in [-0.2, -0.15) is 0 Å². The number of hydrogen-bond acceptors (Lipinski definition) is 4. The third kappa shape index (κ3) is 2.94. The fourth-order valence-electron chi connectivity index (χ4n) is 2.51. The van der Waals surface area contributed by atoms with Crippen molar-refractivity contribution in [1.29, 1.82) is 0 Å². The monoisotopic (exact) mass is 302 g/mol. The van der Waals surface area contributed by atoms with Gasteiger partial charge in [-0.1, -0.05) is 24.3 Å². The van der Waals surface area contributed by atoms with Crippen molar-refractivity contribution in [3.8, 4) is 0 Å². The summed E-state index contributed by atoms with van der Waals surface area (Å²) in [5, 5.41) is 3.30. The van der Waals surface area contributed by atoms with Gasteiger partial charge in [0.15, 0.2) is 0 Å². The van der Waals surface area contributed by atoms with Crippen LogP contribution in [0.5, 0.6) is 0 Å². The molecule has 1 N–H and O–H groups in total. The normalized spacial score (nSPS) is 15.9. The van der Waals surface area contributed by atoms with Crippen molar-refractivity contribution in [2.45, 2.75) is 9.79 Å². The Morgan fingerprint density at radius 3 is 2.24 bits per heavy atom. The second kappa shape index (κ2) is 5.87. The molecule has 0 aliphatic carbocycles. The van der Waals surface area contributed by atoms with E-state index in [-0.39, 0.29) is 0 Å². The molecule has 1 heterocycles. The van der Waals surface area contributed by atoms with E-state index in [9.17, 15) is 8.42 Å². The lowest BCUT2D eigenvalue weighted by atomic mass is 10.2. The Bertz CT molecular complexity index is 708. The molecule has 0 spiro atoms. The summed E-state index contributed by atoms with van der Waals surface area (Å²) in [5.41, 5.74) is 0.966. The van der Waals surface area contributed by atoms with E-state index in [1.54, 1.807) is 36.4 Å². The van der Waals surface area contributed by atoms with Gasteiger partial charge < -0.3 is 10.2 Å². The Morgan fingerprint density at radius 2 is 1.52 bits per heavy atom. The molecular formula is C16H18N2O2S. The predicted octanol–water partition coefficient (Wildman–Crippen LogP) is 1.93. The lowest BCUT2D eigenvalue weighted by molar-refractivity contribution is 0.587. The first-order valence-corrected chi connectivity index (χ1v) is 8.52. The van der Waals surface area contributed by atoms with Crippen molar-refractivity contribution in [2.24, 2.45) is 0 Å². The first kappa shape index (κ1) is 14.1. The van der Waals surface area contributed by atoms with Crippen LogP contribution in [0.3, 0.4) is 0 Å². The van der Waals surface area contributed by atoms with Gasteiger partial charge in [-0.15, -0.1) is 0 Å². The lowest BCUT2D eigenvalue weighted by Crippen LogP contribution is -2.43. The Kier molecular flexibility index (Phi) is 3.94. The van der Waals surface area contributed by atoms with Crippen LogP contribution in [0, 0.1) is 0 Å².